The Labute approximate surface area is 554 Å². The Morgan fingerprint density at radius 3 is 0.889 bits per heavy atom. The standard InChI is InChI=1S/C80H134NO8P/c1-6-8-10-12-14-16-18-20-22-24-26-28-30-32-34-35-36-37-38-39-40-41-42-43-44-45-47-49-51-53-55-57-59-61-63-65-67-69-71-73-80(83)89-78(77-88-90(84,85)87-75-74-81(3,4)5)76-86-79(82)72-70-68-66-64-62-60-58-56-54-52-50-48-46-33-31-29-27-25-23-21-19-17-15-13-11-9-7-2/h8-11,14-17,20-23,26-29,32-34,36-37,39-40,42-43,46,78H,6-7,12-13,18-19,24-25,30-31,35,38,41,44-45,47-77H2,1-5H3/b10-8-,11-9-,16-14-,17-15-,22-20-,23-21-,28-26-,29-27-,34-32-,37-36-,40-39-,43-42-,46-33-. The number of hydrogen-bond acceptors (Lipinski definition) is 8. The maximum absolute atomic E-state index is 12.9. The number of phosphoric ester groups is 1. The molecule has 0 N–H and O–H groups in total. The van der Waals surface area contributed by atoms with Crippen LogP contribution in [-0.2, 0) is 32.7 Å². The quantitative estimate of drug-likeness (QED) is 0.0195. The number of hydrogen-bond donors (Lipinski definition) is 0. The molecule has 90 heavy (non-hydrogen) atoms. The highest BCUT2D eigenvalue weighted by molar-refractivity contribution is 7.45. The van der Waals surface area contributed by atoms with E-state index in [0.29, 0.717) is 17.4 Å². The molecule has 0 rings (SSSR count). The minimum Gasteiger partial charge on any atom is -0.756 e. The van der Waals surface area contributed by atoms with E-state index in [4.69, 9.17) is 18.5 Å². The third kappa shape index (κ3) is 72.7. The van der Waals surface area contributed by atoms with E-state index in [0.717, 1.165) is 135 Å². The van der Waals surface area contributed by atoms with Crippen LogP contribution in [0.1, 0.15) is 284 Å². The normalized spacial score (nSPS) is 14.1. The van der Waals surface area contributed by atoms with Crippen LogP contribution >= 0.6 is 7.82 Å². The number of likely N-dealkylation sites (N-methyl/N-ethyl adjacent to an activating group) is 1. The van der Waals surface area contributed by atoms with Gasteiger partial charge in [0.15, 0.2) is 6.10 Å². The molecule has 0 saturated carbocycles. The molecule has 0 fully saturated rings. The first-order valence-electron chi connectivity index (χ1n) is 36.2. The van der Waals surface area contributed by atoms with Crippen LogP contribution in [0.25, 0.3) is 0 Å². The molecular formula is C80H134NO8P. The molecule has 0 radical (unpaired) electrons. The van der Waals surface area contributed by atoms with Crippen LogP contribution in [0.2, 0.25) is 0 Å². The molecule has 0 aliphatic rings. The molecule has 0 aliphatic heterocycles. The van der Waals surface area contributed by atoms with Gasteiger partial charge >= 0.3 is 11.9 Å². The van der Waals surface area contributed by atoms with Crippen molar-refractivity contribution in [2.45, 2.75) is 290 Å². The molecular weight excluding hydrogens is 1130 g/mol. The van der Waals surface area contributed by atoms with E-state index in [1.807, 2.05) is 21.1 Å². The molecule has 512 valence electrons. The van der Waals surface area contributed by atoms with Crippen molar-refractivity contribution in [3.63, 3.8) is 0 Å². The lowest BCUT2D eigenvalue weighted by Crippen LogP contribution is -2.37. The average Bonchev–Trinajstić information content (AvgIpc) is 3.58. The summed E-state index contributed by atoms with van der Waals surface area (Å²) >= 11 is 0. The van der Waals surface area contributed by atoms with Crippen LogP contribution in [-0.4, -0.2) is 70.0 Å². The fourth-order valence-electron chi connectivity index (χ4n) is 9.58. The SMILES string of the molecule is CC/C=C\C/C=C\C/C=C\C/C=C\C/C=C\C/C=C\C/C=C\C/C=C\CCCCCCCCCCCCCCCCC(=O)OC(COC(=O)CCCCCCCCCCCCC/C=C\C/C=C\C/C=C\C/C=C\C/C=C\CC)COP(=O)([O-])OCC[N+](C)(C)C. The van der Waals surface area contributed by atoms with Crippen LogP contribution in [0.4, 0.5) is 0 Å². The van der Waals surface area contributed by atoms with Crippen molar-refractivity contribution >= 4 is 19.8 Å². The predicted molar refractivity (Wildman–Crippen MR) is 387 cm³/mol. The minimum absolute atomic E-state index is 0.0377. The summed E-state index contributed by atoms with van der Waals surface area (Å²) in [5.41, 5.74) is 0. The Morgan fingerprint density at radius 2 is 0.600 bits per heavy atom. The highest BCUT2D eigenvalue weighted by Gasteiger charge is 2.22. The number of nitrogens with zero attached hydrogens (tertiary/aromatic N) is 1. The van der Waals surface area contributed by atoms with E-state index in [2.05, 4.69) is 172 Å². The van der Waals surface area contributed by atoms with E-state index in [1.165, 1.54) is 116 Å². The molecule has 10 heteroatoms. The number of esters is 2. The van der Waals surface area contributed by atoms with E-state index in [-0.39, 0.29) is 32.0 Å². The van der Waals surface area contributed by atoms with Gasteiger partial charge < -0.3 is 27.9 Å². The first kappa shape index (κ1) is 85.6. The number of rotatable bonds is 65. The number of phosphoric acid groups is 1. The summed E-state index contributed by atoms with van der Waals surface area (Å²) in [6.07, 6.45) is 103. The molecule has 0 spiro atoms. The molecule has 0 bridgehead atoms. The van der Waals surface area contributed by atoms with E-state index >= 15 is 0 Å². The number of ether oxygens (including phenoxy) is 2. The third-order valence-electron chi connectivity index (χ3n) is 15.0. The fourth-order valence-corrected chi connectivity index (χ4v) is 10.3. The van der Waals surface area contributed by atoms with Gasteiger partial charge in [0, 0.05) is 12.8 Å². The van der Waals surface area contributed by atoms with Gasteiger partial charge in [-0.15, -0.1) is 0 Å². The lowest BCUT2D eigenvalue weighted by molar-refractivity contribution is -0.870. The van der Waals surface area contributed by atoms with Crippen LogP contribution in [0.5, 0.6) is 0 Å². The van der Waals surface area contributed by atoms with Crippen LogP contribution in [0.3, 0.4) is 0 Å². The van der Waals surface area contributed by atoms with Crippen LogP contribution in [0, 0.1) is 0 Å². The number of carbonyl (C=O) groups excluding carboxylic acids is 2. The summed E-state index contributed by atoms with van der Waals surface area (Å²) in [7, 11) is 1.15. The van der Waals surface area contributed by atoms with Crippen LogP contribution in [0.15, 0.2) is 158 Å². The van der Waals surface area contributed by atoms with Gasteiger partial charge in [-0.05, 0) is 122 Å². The second-order valence-corrected chi connectivity index (χ2v) is 26.2. The molecule has 0 aliphatic carbocycles. The van der Waals surface area contributed by atoms with Crippen molar-refractivity contribution in [3.05, 3.63) is 158 Å². The Hall–Kier alpha value is -4.37. The highest BCUT2D eigenvalue weighted by atomic mass is 31.2. The van der Waals surface area contributed by atoms with Crippen molar-refractivity contribution < 1.29 is 42.1 Å². The Balaban J connectivity index is 4.06. The van der Waals surface area contributed by atoms with Gasteiger partial charge in [-0.25, -0.2) is 0 Å². The monoisotopic (exact) mass is 1270 g/mol. The molecule has 0 aromatic rings. The van der Waals surface area contributed by atoms with Gasteiger partial charge in [0.2, 0.25) is 0 Å². The molecule has 0 amide bonds. The van der Waals surface area contributed by atoms with Gasteiger partial charge in [-0.2, -0.15) is 0 Å². The number of carbonyl (C=O) groups is 2. The Bertz CT molecular complexity index is 2080. The topological polar surface area (TPSA) is 111 Å². The van der Waals surface area contributed by atoms with Crippen molar-refractivity contribution in [1.29, 1.82) is 0 Å². The van der Waals surface area contributed by atoms with E-state index in [9.17, 15) is 19.0 Å². The van der Waals surface area contributed by atoms with Crippen molar-refractivity contribution in [3.8, 4) is 0 Å². The van der Waals surface area contributed by atoms with E-state index in [1.54, 1.807) is 0 Å². The lowest BCUT2D eigenvalue weighted by Gasteiger charge is -2.28. The van der Waals surface area contributed by atoms with Gasteiger partial charge in [-0.1, -0.05) is 307 Å². The maximum atomic E-state index is 12.9. The summed E-state index contributed by atoms with van der Waals surface area (Å²) in [6.45, 7) is 4.01. The van der Waals surface area contributed by atoms with Gasteiger partial charge in [0.1, 0.15) is 19.8 Å². The molecule has 9 nitrogen and oxygen atoms in total. The maximum Gasteiger partial charge on any atom is 0.306 e. The molecule has 0 heterocycles. The van der Waals surface area contributed by atoms with Crippen molar-refractivity contribution in [2.24, 2.45) is 0 Å². The largest absolute Gasteiger partial charge is 0.756 e. The molecule has 2 unspecified atom stereocenters. The first-order valence-corrected chi connectivity index (χ1v) is 37.7. The molecule has 0 aromatic carbocycles. The van der Waals surface area contributed by atoms with Crippen molar-refractivity contribution in [2.75, 3.05) is 47.5 Å². The summed E-state index contributed by atoms with van der Waals surface area (Å²) in [5, 5.41) is 0. The zero-order valence-electron chi connectivity index (χ0n) is 58.3. The van der Waals surface area contributed by atoms with Gasteiger partial charge in [-0.3, -0.25) is 14.2 Å². The van der Waals surface area contributed by atoms with E-state index < -0.39 is 26.5 Å². The second kappa shape index (κ2) is 69.0. The smallest absolute Gasteiger partial charge is 0.306 e. The number of unbranched alkanes of at least 4 members (excludes halogenated alkanes) is 25. The Morgan fingerprint density at radius 1 is 0.344 bits per heavy atom. The zero-order valence-corrected chi connectivity index (χ0v) is 59.2. The number of quaternary nitrogens is 1. The fraction of sp³-hybridized carbons (Fsp3) is 0.650. The Kier molecular flexibility index (Phi) is 65.6. The highest BCUT2D eigenvalue weighted by Crippen LogP contribution is 2.38. The first-order chi connectivity index (χ1) is 44.0. The summed E-state index contributed by atoms with van der Waals surface area (Å²) < 4.78 is 34.3. The van der Waals surface area contributed by atoms with Crippen LogP contribution < -0.4 is 4.89 Å². The van der Waals surface area contributed by atoms with Gasteiger partial charge in [0.25, 0.3) is 7.82 Å². The predicted octanol–water partition coefficient (Wildman–Crippen LogP) is 23.3. The second-order valence-electron chi connectivity index (χ2n) is 24.8. The summed E-state index contributed by atoms with van der Waals surface area (Å²) in [5.74, 6) is -0.840. The molecule has 2 atom stereocenters. The third-order valence-corrected chi connectivity index (χ3v) is 16.0. The average molecular weight is 1270 g/mol. The lowest BCUT2D eigenvalue weighted by atomic mass is 10.0. The number of allylic oxidation sites excluding steroid dienone is 26. The van der Waals surface area contributed by atoms with Crippen molar-refractivity contribution in [1.82, 2.24) is 0 Å². The molecule has 0 saturated heterocycles. The molecule has 0 aromatic heterocycles. The zero-order chi connectivity index (χ0) is 65.5. The van der Waals surface area contributed by atoms with Gasteiger partial charge in [0.05, 0.1) is 27.7 Å². The summed E-state index contributed by atoms with van der Waals surface area (Å²) in [6, 6.07) is 0. The minimum atomic E-state index is -4.65. The summed E-state index contributed by atoms with van der Waals surface area (Å²) in [4.78, 5) is 38.1.